The molecular weight excluding hydrogens is 284 g/mol. The zero-order valence-corrected chi connectivity index (χ0v) is 12.2. The van der Waals surface area contributed by atoms with Crippen LogP contribution >= 0.6 is 23.2 Å². The summed E-state index contributed by atoms with van der Waals surface area (Å²) in [6.07, 6.45) is 0. The van der Waals surface area contributed by atoms with Crippen molar-refractivity contribution in [3.63, 3.8) is 0 Å². The van der Waals surface area contributed by atoms with Crippen molar-refractivity contribution in [1.82, 2.24) is 0 Å². The summed E-state index contributed by atoms with van der Waals surface area (Å²) in [6, 6.07) is 10.5. The number of nitrogens with one attached hydrogen (secondary N) is 1. The Kier molecular flexibility index (Phi) is 4.33. The smallest absolute Gasteiger partial charge is 0.142 e. The topological polar surface area (TPSA) is 12.0 Å². The van der Waals surface area contributed by atoms with E-state index in [0.717, 1.165) is 16.8 Å². The highest BCUT2D eigenvalue weighted by atomic mass is 35.5. The summed E-state index contributed by atoms with van der Waals surface area (Å²) in [7, 11) is 0. The number of halogens is 3. The van der Waals surface area contributed by atoms with Crippen LogP contribution in [0.4, 0.5) is 10.1 Å². The van der Waals surface area contributed by atoms with Crippen LogP contribution in [0, 0.1) is 12.7 Å². The lowest BCUT2D eigenvalue weighted by Gasteiger charge is -2.17. The van der Waals surface area contributed by atoms with Gasteiger partial charge in [-0.15, -0.1) is 0 Å². The Labute approximate surface area is 122 Å². The standard InChI is InChI=1S/C15H14Cl2FN/c1-9-3-6-15(13(17)7-9)19-10(2)11-4-5-12(16)14(18)8-11/h3-8,10,19H,1-2H3. The van der Waals surface area contributed by atoms with Crippen LogP contribution in [0.1, 0.15) is 24.1 Å². The van der Waals surface area contributed by atoms with E-state index in [-0.39, 0.29) is 11.1 Å². The molecule has 0 fully saturated rings. The van der Waals surface area contributed by atoms with Crippen LogP contribution in [0.5, 0.6) is 0 Å². The maximum atomic E-state index is 13.4. The quantitative estimate of drug-likeness (QED) is 0.776. The van der Waals surface area contributed by atoms with Gasteiger partial charge in [0.05, 0.1) is 15.7 Å². The first kappa shape index (κ1) is 14.2. The van der Waals surface area contributed by atoms with Gasteiger partial charge in [-0.3, -0.25) is 0 Å². The third-order valence-corrected chi connectivity index (χ3v) is 3.56. The number of benzene rings is 2. The SMILES string of the molecule is Cc1ccc(NC(C)c2ccc(Cl)c(F)c2)c(Cl)c1. The molecule has 0 aliphatic rings. The second kappa shape index (κ2) is 5.81. The zero-order valence-electron chi connectivity index (χ0n) is 10.7. The molecule has 0 heterocycles. The van der Waals surface area contributed by atoms with Gasteiger partial charge < -0.3 is 5.32 Å². The maximum absolute atomic E-state index is 13.4. The monoisotopic (exact) mass is 297 g/mol. The Morgan fingerprint density at radius 1 is 1.05 bits per heavy atom. The third kappa shape index (κ3) is 3.40. The minimum Gasteiger partial charge on any atom is -0.377 e. The summed E-state index contributed by atoms with van der Waals surface area (Å²) in [6.45, 7) is 3.92. The summed E-state index contributed by atoms with van der Waals surface area (Å²) in [5, 5.41) is 4.04. The van der Waals surface area contributed by atoms with Gasteiger partial charge in [-0.25, -0.2) is 4.39 Å². The average Bonchev–Trinajstić information content (AvgIpc) is 2.36. The summed E-state index contributed by atoms with van der Waals surface area (Å²) in [5.41, 5.74) is 2.74. The first-order valence-electron chi connectivity index (χ1n) is 5.95. The third-order valence-electron chi connectivity index (χ3n) is 2.94. The van der Waals surface area contributed by atoms with Gasteiger partial charge in [0.1, 0.15) is 5.82 Å². The summed E-state index contributed by atoms with van der Waals surface area (Å²) in [4.78, 5) is 0. The first-order chi connectivity index (χ1) is 8.97. The molecule has 1 unspecified atom stereocenters. The van der Waals surface area contributed by atoms with Crippen molar-refractivity contribution in [2.45, 2.75) is 19.9 Å². The molecule has 100 valence electrons. The number of hydrogen-bond acceptors (Lipinski definition) is 1. The van der Waals surface area contributed by atoms with Gasteiger partial charge in [0.2, 0.25) is 0 Å². The van der Waals surface area contributed by atoms with Gasteiger partial charge in [0.25, 0.3) is 0 Å². The number of aryl methyl sites for hydroxylation is 1. The van der Waals surface area contributed by atoms with E-state index in [1.54, 1.807) is 12.1 Å². The molecule has 0 spiro atoms. The first-order valence-corrected chi connectivity index (χ1v) is 6.70. The molecule has 0 aliphatic carbocycles. The molecule has 1 nitrogen and oxygen atoms in total. The van der Waals surface area contributed by atoms with Crippen molar-refractivity contribution >= 4 is 28.9 Å². The fourth-order valence-corrected chi connectivity index (χ4v) is 2.24. The number of rotatable bonds is 3. The van der Waals surface area contributed by atoms with Gasteiger partial charge in [-0.2, -0.15) is 0 Å². The van der Waals surface area contributed by atoms with Gasteiger partial charge in [0.15, 0.2) is 0 Å². The Morgan fingerprint density at radius 2 is 1.79 bits per heavy atom. The predicted octanol–water partition coefficient (Wildman–Crippen LogP) is 5.61. The molecule has 1 N–H and O–H groups in total. The van der Waals surface area contributed by atoms with E-state index in [0.29, 0.717) is 5.02 Å². The second-order valence-corrected chi connectivity index (χ2v) is 5.34. The summed E-state index contributed by atoms with van der Waals surface area (Å²) >= 11 is 11.8. The fourth-order valence-electron chi connectivity index (χ4n) is 1.84. The minimum atomic E-state index is -0.414. The Morgan fingerprint density at radius 3 is 2.42 bits per heavy atom. The van der Waals surface area contributed by atoms with Crippen molar-refractivity contribution in [2.24, 2.45) is 0 Å². The van der Waals surface area contributed by atoms with Crippen molar-refractivity contribution < 1.29 is 4.39 Å². The molecule has 0 aliphatic heterocycles. The van der Waals surface area contributed by atoms with Crippen molar-refractivity contribution in [2.75, 3.05) is 5.32 Å². The molecule has 19 heavy (non-hydrogen) atoms. The molecule has 2 rings (SSSR count). The van der Waals surface area contributed by atoms with Crippen LogP contribution in [-0.4, -0.2) is 0 Å². The van der Waals surface area contributed by atoms with Crippen LogP contribution in [-0.2, 0) is 0 Å². The molecule has 0 saturated heterocycles. The van der Waals surface area contributed by atoms with E-state index in [2.05, 4.69) is 5.32 Å². The van der Waals surface area contributed by atoms with Crippen molar-refractivity contribution in [3.05, 3.63) is 63.4 Å². The highest BCUT2D eigenvalue weighted by molar-refractivity contribution is 6.33. The average molecular weight is 298 g/mol. The van der Waals surface area contributed by atoms with E-state index in [9.17, 15) is 4.39 Å². The zero-order chi connectivity index (χ0) is 14.0. The van der Waals surface area contributed by atoms with Crippen molar-refractivity contribution in [1.29, 1.82) is 0 Å². The van der Waals surface area contributed by atoms with E-state index in [1.165, 1.54) is 6.07 Å². The van der Waals surface area contributed by atoms with Gasteiger partial charge in [0, 0.05) is 6.04 Å². The number of hydrogen-bond donors (Lipinski definition) is 1. The highest BCUT2D eigenvalue weighted by Gasteiger charge is 2.10. The van der Waals surface area contributed by atoms with Crippen LogP contribution in [0.15, 0.2) is 36.4 Å². The molecular formula is C15H14Cl2FN. The Hall–Kier alpha value is -1.25. The molecule has 0 saturated carbocycles. The fraction of sp³-hybridized carbons (Fsp3) is 0.200. The van der Waals surface area contributed by atoms with Crippen molar-refractivity contribution in [3.8, 4) is 0 Å². The molecule has 0 aromatic heterocycles. The lowest BCUT2D eigenvalue weighted by atomic mass is 10.1. The Balaban J connectivity index is 2.20. The van der Waals surface area contributed by atoms with Gasteiger partial charge in [-0.1, -0.05) is 35.3 Å². The highest BCUT2D eigenvalue weighted by Crippen LogP contribution is 2.28. The number of anilines is 1. The minimum absolute atomic E-state index is 0.0630. The second-order valence-electron chi connectivity index (χ2n) is 4.52. The summed E-state index contributed by atoms with van der Waals surface area (Å²) in [5.74, 6) is -0.414. The lowest BCUT2D eigenvalue weighted by molar-refractivity contribution is 0.624. The maximum Gasteiger partial charge on any atom is 0.142 e. The normalized spacial score (nSPS) is 12.3. The van der Waals surface area contributed by atoms with E-state index < -0.39 is 5.82 Å². The van der Waals surface area contributed by atoms with Gasteiger partial charge in [-0.05, 0) is 49.2 Å². The lowest BCUT2D eigenvalue weighted by Crippen LogP contribution is -2.07. The molecule has 2 aromatic rings. The van der Waals surface area contributed by atoms with Crippen LogP contribution in [0.25, 0.3) is 0 Å². The van der Waals surface area contributed by atoms with Gasteiger partial charge >= 0.3 is 0 Å². The predicted molar refractivity (Wildman–Crippen MR) is 79.6 cm³/mol. The molecule has 0 radical (unpaired) electrons. The molecule has 4 heteroatoms. The molecule has 0 bridgehead atoms. The van der Waals surface area contributed by atoms with Crippen LogP contribution in [0.2, 0.25) is 10.0 Å². The van der Waals surface area contributed by atoms with Crippen LogP contribution in [0.3, 0.4) is 0 Å². The molecule has 1 atom stereocenters. The van der Waals surface area contributed by atoms with E-state index in [1.807, 2.05) is 32.0 Å². The van der Waals surface area contributed by atoms with E-state index in [4.69, 9.17) is 23.2 Å². The summed E-state index contributed by atoms with van der Waals surface area (Å²) < 4.78 is 13.4. The van der Waals surface area contributed by atoms with Crippen LogP contribution < -0.4 is 5.32 Å². The Bertz CT molecular complexity index is 599. The van der Waals surface area contributed by atoms with E-state index >= 15 is 0 Å². The molecule has 0 amide bonds. The molecule has 2 aromatic carbocycles. The largest absolute Gasteiger partial charge is 0.377 e.